The molecule has 1 heterocycles. The molecule has 3 nitrogen and oxygen atoms in total. The summed E-state index contributed by atoms with van der Waals surface area (Å²) in [5.74, 6) is 0.239. The van der Waals surface area contributed by atoms with Crippen molar-refractivity contribution in [2.75, 3.05) is 13.1 Å². The fourth-order valence-electron chi connectivity index (χ4n) is 3.62. The second-order valence-electron chi connectivity index (χ2n) is 8.60. The van der Waals surface area contributed by atoms with Crippen LogP contribution >= 0.6 is 0 Å². The summed E-state index contributed by atoms with van der Waals surface area (Å²) in [4.78, 5) is 15.0. The summed E-state index contributed by atoms with van der Waals surface area (Å²) in [5.41, 5.74) is 3.91. The first-order valence-corrected chi connectivity index (χ1v) is 10.1. The fraction of sp³-hybridized carbons (Fsp3) is 0.458. The maximum atomic E-state index is 13.0. The zero-order valence-corrected chi connectivity index (χ0v) is 16.9. The minimum Gasteiger partial charge on any atom is -0.341 e. The Morgan fingerprint density at radius 1 is 0.963 bits per heavy atom. The van der Waals surface area contributed by atoms with E-state index in [2.05, 4.69) is 62.5 Å². The Labute approximate surface area is 163 Å². The highest BCUT2D eigenvalue weighted by Crippen LogP contribution is 2.22. The third-order valence-electron chi connectivity index (χ3n) is 5.37. The molecule has 0 radical (unpaired) electrons. The van der Waals surface area contributed by atoms with Crippen LogP contribution in [-0.2, 0) is 23.2 Å². The molecule has 2 aromatic rings. The molecule has 1 atom stereocenters. The molecule has 0 aliphatic carbocycles. The van der Waals surface area contributed by atoms with Crippen molar-refractivity contribution in [2.24, 2.45) is 0 Å². The third-order valence-corrected chi connectivity index (χ3v) is 5.37. The molecule has 1 aliphatic rings. The van der Waals surface area contributed by atoms with Crippen LogP contribution < -0.4 is 5.32 Å². The molecule has 2 aromatic carbocycles. The lowest BCUT2D eigenvalue weighted by Gasteiger charge is -2.25. The minimum atomic E-state index is -0.173. The van der Waals surface area contributed by atoms with Crippen molar-refractivity contribution in [1.82, 2.24) is 10.2 Å². The van der Waals surface area contributed by atoms with Gasteiger partial charge >= 0.3 is 0 Å². The predicted molar refractivity (Wildman–Crippen MR) is 112 cm³/mol. The maximum absolute atomic E-state index is 13.0. The standard InChI is InChI=1S/C24H32N2O/c1-24(2,3)21-13-11-20(12-14-21)18-25-22(17-19-9-5-4-6-10-19)23(27)26-15-7-8-16-26/h4-6,9-14,22,25H,7-8,15-18H2,1-3H3/t22-/m1/s1. The number of benzene rings is 2. The van der Waals surface area contributed by atoms with Crippen LogP contribution in [0.5, 0.6) is 0 Å². The van der Waals surface area contributed by atoms with Crippen molar-refractivity contribution in [3.8, 4) is 0 Å². The van der Waals surface area contributed by atoms with Gasteiger partial charge in [-0.1, -0.05) is 75.4 Å². The summed E-state index contributed by atoms with van der Waals surface area (Å²) >= 11 is 0. The smallest absolute Gasteiger partial charge is 0.240 e. The lowest BCUT2D eigenvalue weighted by Crippen LogP contribution is -2.46. The molecule has 144 valence electrons. The van der Waals surface area contributed by atoms with E-state index in [4.69, 9.17) is 0 Å². The van der Waals surface area contributed by atoms with Crippen molar-refractivity contribution >= 4 is 5.91 Å². The Bertz CT molecular complexity index is 725. The van der Waals surface area contributed by atoms with E-state index < -0.39 is 0 Å². The molecule has 1 fully saturated rings. The first-order valence-electron chi connectivity index (χ1n) is 10.1. The van der Waals surface area contributed by atoms with Crippen LogP contribution in [0.25, 0.3) is 0 Å². The number of nitrogens with one attached hydrogen (secondary N) is 1. The zero-order valence-electron chi connectivity index (χ0n) is 16.9. The van der Waals surface area contributed by atoms with Crippen LogP contribution in [0, 0.1) is 0 Å². The summed E-state index contributed by atoms with van der Waals surface area (Å²) < 4.78 is 0. The van der Waals surface area contributed by atoms with E-state index in [9.17, 15) is 4.79 Å². The average Bonchev–Trinajstić information content (AvgIpc) is 3.20. The number of likely N-dealkylation sites (tertiary alicyclic amines) is 1. The molecule has 0 bridgehead atoms. The van der Waals surface area contributed by atoms with Gasteiger partial charge in [-0.15, -0.1) is 0 Å². The molecule has 3 heteroatoms. The Morgan fingerprint density at radius 2 is 1.59 bits per heavy atom. The minimum absolute atomic E-state index is 0.160. The Balaban J connectivity index is 1.68. The van der Waals surface area contributed by atoms with Gasteiger partial charge in [0.2, 0.25) is 5.91 Å². The number of hydrogen-bond acceptors (Lipinski definition) is 2. The maximum Gasteiger partial charge on any atom is 0.240 e. The van der Waals surface area contributed by atoms with E-state index >= 15 is 0 Å². The molecule has 1 N–H and O–H groups in total. The van der Waals surface area contributed by atoms with Gasteiger partial charge in [-0.2, -0.15) is 0 Å². The SMILES string of the molecule is CC(C)(C)c1ccc(CN[C@H](Cc2ccccc2)C(=O)N2CCCC2)cc1. The van der Waals surface area contributed by atoms with Gasteiger partial charge in [0.25, 0.3) is 0 Å². The van der Waals surface area contributed by atoms with E-state index in [1.165, 1.54) is 16.7 Å². The molecular weight excluding hydrogens is 332 g/mol. The Kier molecular flexibility index (Phi) is 6.33. The van der Waals surface area contributed by atoms with E-state index in [0.717, 1.165) is 32.4 Å². The monoisotopic (exact) mass is 364 g/mol. The molecule has 0 spiro atoms. The van der Waals surface area contributed by atoms with Crippen LogP contribution in [0.2, 0.25) is 0 Å². The summed E-state index contributed by atoms with van der Waals surface area (Å²) in [6, 6.07) is 18.9. The quantitative estimate of drug-likeness (QED) is 0.828. The van der Waals surface area contributed by atoms with Crippen molar-refractivity contribution in [3.63, 3.8) is 0 Å². The Hall–Kier alpha value is -2.13. The van der Waals surface area contributed by atoms with Crippen LogP contribution in [0.15, 0.2) is 54.6 Å². The third kappa shape index (κ3) is 5.43. The molecule has 3 rings (SSSR count). The largest absolute Gasteiger partial charge is 0.341 e. The van der Waals surface area contributed by atoms with Crippen LogP contribution in [0.1, 0.15) is 50.3 Å². The number of rotatable bonds is 6. The lowest BCUT2D eigenvalue weighted by atomic mass is 9.87. The average molecular weight is 365 g/mol. The molecule has 0 saturated carbocycles. The number of nitrogens with zero attached hydrogens (tertiary/aromatic N) is 1. The van der Waals surface area contributed by atoms with E-state index in [1.807, 2.05) is 23.1 Å². The molecule has 0 aromatic heterocycles. The van der Waals surface area contributed by atoms with Gasteiger partial charge in [0.05, 0.1) is 6.04 Å². The van der Waals surface area contributed by atoms with Gasteiger partial charge in [-0.25, -0.2) is 0 Å². The molecule has 1 amide bonds. The highest BCUT2D eigenvalue weighted by atomic mass is 16.2. The first kappa shape index (κ1) is 19.6. The zero-order chi connectivity index (χ0) is 19.3. The molecule has 0 unspecified atom stereocenters. The van der Waals surface area contributed by atoms with Crippen LogP contribution in [0.3, 0.4) is 0 Å². The van der Waals surface area contributed by atoms with Gasteiger partial charge in [0, 0.05) is 19.6 Å². The second-order valence-corrected chi connectivity index (χ2v) is 8.60. The molecule has 1 aliphatic heterocycles. The summed E-state index contributed by atoms with van der Waals surface area (Å²) in [6.45, 7) is 9.18. The molecule has 27 heavy (non-hydrogen) atoms. The van der Waals surface area contributed by atoms with Crippen molar-refractivity contribution in [2.45, 2.75) is 58.0 Å². The van der Waals surface area contributed by atoms with Gasteiger partial charge in [-0.05, 0) is 41.4 Å². The van der Waals surface area contributed by atoms with Gasteiger partial charge < -0.3 is 10.2 Å². The fourth-order valence-corrected chi connectivity index (χ4v) is 3.62. The molecular formula is C24H32N2O. The van der Waals surface area contributed by atoms with E-state index in [0.29, 0.717) is 6.54 Å². The second kappa shape index (κ2) is 8.71. The Morgan fingerprint density at radius 3 is 2.19 bits per heavy atom. The first-order chi connectivity index (χ1) is 12.9. The summed E-state index contributed by atoms with van der Waals surface area (Å²) in [5, 5.41) is 3.53. The highest BCUT2D eigenvalue weighted by molar-refractivity contribution is 5.82. The topological polar surface area (TPSA) is 32.3 Å². The highest BCUT2D eigenvalue weighted by Gasteiger charge is 2.26. The summed E-state index contributed by atoms with van der Waals surface area (Å²) in [6.07, 6.45) is 2.98. The van der Waals surface area contributed by atoms with Crippen molar-refractivity contribution < 1.29 is 4.79 Å². The molecule has 1 saturated heterocycles. The number of carbonyl (C=O) groups is 1. The van der Waals surface area contributed by atoms with E-state index in [-0.39, 0.29) is 17.4 Å². The van der Waals surface area contributed by atoms with Crippen molar-refractivity contribution in [1.29, 1.82) is 0 Å². The summed E-state index contributed by atoms with van der Waals surface area (Å²) in [7, 11) is 0. The van der Waals surface area contributed by atoms with Crippen molar-refractivity contribution in [3.05, 3.63) is 71.3 Å². The number of amides is 1. The normalized spacial score (nSPS) is 15.7. The van der Waals surface area contributed by atoms with Gasteiger partial charge in [-0.3, -0.25) is 4.79 Å². The number of carbonyl (C=O) groups excluding carboxylic acids is 1. The van der Waals surface area contributed by atoms with Crippen LogP contribution in [0.4, 0.5) is 0 Å². The van der Waals surface area contributed by atoms with E-state index in [1.54, 1.807) is 0 Å². The predicted octanol–water partition coefficient (Wildman–Crippen LogP) is 4.31. The van der Waals surface area contributed by atoms with Crippen LogP contribution in [-0.4, -0.2) is 29.9 Å². The lowest BCUT2D eigenvalue weighted by molar-refractivity contribution is -0.132. The van der Waals surface area contributed by atoms with Gasteiger partial charge in [0.15, 0.2) is 0 Å². The number of hydrogen-bond donors (Lipinski definition) is 1. The van der Waals surface area contributed by atoms with Gasteiger partial charge in [0.1, 0.15) is 0 Å².